The number of nitrogen functional groups attached to an aromatic ring is 1. The molecule has 1 aromatic carbocycles. The van der Waals surface area contributed by atoms with Crippen molar-refractivity contribution < 1.29 is 31.4 Å². The lowest BCUT2D eigenvalue weighted by Gasteiger charge is -2.26. The lowest BCUT2D eigenvalue weighted by molar-refractivity contribution is 0.381. The molecule has 0 unspecified atom stereocenters. The quantitative estimate of drug-likeness (QED) is 0.373. The average molecular weight is 402 g/mol. The zero-order valence-electron chi connectivity index (χ0n) is 14.6. The van der Waals surface area contributed by atoms with Crippen LogP contribution in [-0.2, 0) is 20.4 Å². The number of nitrogens with one attached hydrogen (secondary N) is 1. The number of benzene rings is 1. The van der Waals surface area contributed by atoms with Crippen LogP contribution in [0, 0.1) is 13.8 Å². The topological polar surface area (TPSA) is 182 Å². The molecule has 0 aliphatic rings. The number of anilines is 2. The van der Waals surface area contributed by atoms with E-state index in [1.165, 1.54) is 6.26 Å². The van der Waals surface area contributed by atoms with E-state index in [1.54, 1.807) is 0 Å². The number of nitrogens with zero attached hydrogens (tertiary/aromatic N) is 1. The molecule has 0 aliphatic heterocycles. The first-order chi connectivity index (χ1) is 10.8. The fraction of sp³-hybridized carbons (Fsp3) is 0.538. The zero-order valence-corrected chi connectivity index (χ0v) is 16.3. The van der Waals surface area contributed by atoms with Crippen LogP contribution in [0.3, 0.4) is 0 Å². The molecule has 0 bridgehead atoms. The van der Waals surface area contributed by atoms with Crippen LogP contribution in [0.15, 0.2) is 12.1 Å². The molecule has 12 heteroatoms. The van der Waals surface area contributed by atoms with Crippen molar-refractivity contribution in [1.82, 2.24) is 4.72 Å². The monoisotopic (exact) mass is 401 g/mol. The Balaban J connectivity index is 0. The van der Waals surface area contributed by atoms with Gasteiger partial charge >= 0.3 is 10.4 Å². The van der Waals surface area contributed by atoms with Crippen molar-refractivity contribution in [2.45, 2.75) is 20.8 Å². The lowest BCUT2D eigenvalue weighted by atomic mass is 10.1. The highest BCUT2D eigenvalue weighted by atomic mass is 32.3. The predicted molar refractivity (Wildman–Crippen MR) is 98.9 cm³/mol. The van der Waals surface area contributed by atoms with Crippen LogP contribution in [-0.4, -0.2) is 57.3 Å². The van der Waals surface area contributed by atoms with Gasteiger partial charge in [-0.1, -0.05) is 0 Å². The van der Waals surface area contributed by atoms with Crippen molar-refractivity contribution in [1.29, 1.82) is 0 Å². The SMILES string of the molecule is CCN(CCNS(C)(=O)=O)c1ccc(N)c(C)c1C.O.O=S(=O)(O)O. The molecular weight excluding hydrogens is 374 g/mol. The molecule has 0 aromatic heterocycles. The molecule has 0 spiro atoms. The highest BCUT2D eigenvalue weighted by Gasteiger charge is 2.11. The lowest BCUT2D eigenvalue weighted by Crippen LogP contribution is -2.34. The summed E-state index contributed by atoms with van der Waals surface area (Å²) in [5.74, 6) is 0. The maximum Gasteiger partial charge on any atom is 0.394 e. The number of sulfonamides is 1. The van der Waals surface area contributed by atoms with Crippen LogP contribution in [0.2, 0.25) is 0 Å². The van der Waals surface area contributed by atoms with Gasteiger partial charge < -0.3 is 16.1 Å². The van der Waals surface area contributed by atoms with Gasteiger partial charge in [-0.25, -0.2) is 13.1 Å². The minimum Gasteiger partial charge on any atom is -0.412 e. The molecule has 0 fully saturated rings. The zero-order chi connectivity index (χ0) is 19.1. The molecule has 10 nitrogen and oxygen atoms in total. The Morgan fingerprint density at radius 3 is 2.00 bits per heavy atom. The van der Waals surface area contributed by atoms with Gasteiger partial charge in [0.2, 0.25) is 10.0 Å². The summed E-state index contributed by atoms with van der Waals surface area (Å²) in [7, 11) is -7.80. The molecule has 0 saturated heterocycles. The summed E-state index contributed by atoms with van der Waals surface area (Å²) in [6.07, 6.45) is 1.17. The van der Waals surface area contributed by atoms with E-state index in [0.717, 1.165) is 29.0 Å². The summed E-state index contributed by atoms with van der Waals surface area (Å²) >= 11 is 0. The number of likely N-dealkylation sites (N-methyl/N-ethyl adjacent to an activating group) is 1. The normalized spacial score (nSPS) is 11.1. The summed E-state index contributed by atoms with van der Waals surface area (Å²) in [5.41, 5.74) is 9.98. The molecule has 0 atom stereocenters. The molecule has 0 amide bonds. The van der Waals surface area contributed by atoms with E-state index >= 15 is 0 Å². The van der Waals surface area contributed by atoms with Crippen molar-refractivity contribution >= 4 is 31.8 Å². The second kappa shape index (κ2) is 10.5. The maximum atomic E-state index is 11.1. The van der Waals surface area contributed by atoms with Crippen LogP contribution in [0.5, 0.6) is 0 Å². The highest BCUT2D eigenvalue weighted by Crippen LogP contribution is 2.26. The average Bonchev–Trinajstić information content (AvgIpc) is 2.39. The first-order valence-corrected chi connectivity index (χ1v) is 10.3. The van der Waals surface area contributed by atoms with Gasteiger partial charge in [-0.15, -0.1) is 0 Å². The Labute approximate surface area is 149 Å². The van der Waals surface area contributed by atoms with Gasteiger partial charge in [-0.05, 0) is 44.0 Å². The molecule has 1 aromatic rings. The van der Waals surface area contributed by atoms with Gasteiger partial charge in [0.25, 0.3) is 0 Å². The van der Waals surface area contributed by atoms with Crippen molar-refractivity contribution in [2.24, 2.45) is 0 Å². The first-order valence-electron chi connectivity index (χ1n) is 7.01. The minimum absolute atomic E-state index is 0. The van der Waals surface area contributed by atoms with Crippen molar-refractivity contribution in [3.05, 3.63) is 23.3 Å². The number of rotatable bonds is 6. The Morgan fingerprint density at radius 1 is 1.12 bits per heavy atom. The van der Waals surface area contributed by atoms with Crippen LogP contribution >= 0.6 is 0 Å². The minimum atomic E-state index is -4.67. The Hall–Kier alpha value is -1.44. The van der Waals surface area contributed by atoms with Crippen LogP contribution < -0.4 is 15.4 Å². The van der Waals surface area contributed by atoms with E-state index < -0.39 is 20.4 Å². The first kappa shape index (κ1) is 25.8. The van der Waals surface area contributed by atoms with E-state index in [9.17, 15) is 8.42 Å². The number of hydrogen-bond donors (Lipinski definition) is 4. The molecule has 25 heavy (non-hydrogen) atoms. The smallest absolute Gasteiger partial charge is 0.394 e. The third-order valence-corrected chi connectivity index (χ3v) is 4.00. The number of hydrogen-bond acceptors (Lipinski definition) is 6. The summed E-state index contributed by atoms with van der Waals surface area (Å²) in [5, 5.41) is 0. The molecule has 0 heterocycles. The summed E-state index contributed by atoms with van der Waals surface area (Å²) in [6, 6.07) is 3.88. The molecule has 148 valence electrons. The van der Waals surface area contributed by atoms with Crippen LogP contribution in [0.1, 0.15) is 18.1 Å². The predicted octanol–water partition coefficient (Wildman–Crippen LogP) is -0.216. The number of nitrogens with two attached hydrogens (primary N) is 1. The Kier molecular flexibility index (Phi) is 10.9. The third-order valence-electron chi connectivity index (χ3n) is 3.27. The van der Waals surface area contributed by atoms with E-state index in [-0.39, 0.29) is 5.48 Å². The summed E-state index contributed by atoms with van der Waals surface area (Å²) in [6.45, 7) is 7.93. The van der Waals surface area contributed by atoms with Crippen LogP contribution in [0.25, 0.3) is 0 Å². The van der Waals surface area contributed by atoms with E-state index in [2.05, 4.69) is 9.62 Å². The van der Waals surface area contributed by atoms with Crippen molar-refractivity contribution in [2.75, 3.05) is 36.5 Å². The second-order valence-electron chi connectivity index (χ2n) is 5.12. The third kappa shape index (κ3) is 11.7. The second-order valence-corrected chi connectivity index (χ2v) is 7.85. The fourth-order valence-electron chi connectivity index (χ4n) is 1.98. The molecule has 7 N–H and O–H groups in total. The molecular formula is C13H27N3O7S2. The highest BCUT2D eigenvalue weighted by molar-refractivity contribution is 7.88. The van der Waals surface area contributed by atoms with Crippen molar-refractivity contribution in [3.8, 4) is 0 Å². The summed E-state index contributed by atoms with van der Waals surface area (Å²) in [4.78, 5) is 2.14. The van der Waals surface area contributed by atoms with Crippen molar-refractivity contribution in [3.63, 3.8) is 0 Å². The standard InChI is InChI=1S/C13H23N3O2S.H2O4S.H2O/c1-5-16(9-8-15-19(4,17)18)13-7-6-12(14)10(2)11(13)3;1-5(2,3)4;/h6-7,15H,5,8-9,14H2,1-4H3;(H2,1,2,3,4);1H2. The Morgan fingerprint density at radius 2 is 1.60 bits per heavy atom. The Bertz CT molecular complexity index is 741. The molecule has 0 radical (unpaired) electrons. The fourth-order valence-corrected chi connectivity index (χ4v) is 2.45. The van der Waals surface area contributed by atoms with Gasteiger partial charge in [-0.2, -0.15) is 8.42 Å². The molecule has 1 rings (SSSR count). The van der Waals surface area contributed by atoms with Gasteiger partial charge in [0.05, 0.1) is 6.26 Å². The van der Waals surface area contributed by atoms with E-state index in [1.807, 2.05) is 32.9 Å². The van der Waals surface area contributed by atoms with Gasteiger partial charge in [-0.3, -0.25) is 9.11 Å². The van der Waals surface area contributed by atoms with Crippen LogP contribution in [0.4, 0.5) is 11.4 Å². The molecule has 0 saturated carbocycles. The molecule has 0 aliphatic carbocycles. The van der Waals surface area contributed by atoms with Gasteiger partial charge in [0, 0.05) is 31.0 Å². The summed E-state index contributed by atoms with van der Waals surface area (Å²) < 4.78 is 56.2. The van der Waals surface area contributed by atoms with E-state index in [4.69, 9.17) is 23.3 Å². The van der Waals surface area contributed by atoms with Gasteiger partial charge in [0.15, 0.2) is 0 Å². The van der Waals surface area contributed by atoms with E-state index in [0.29, 0.717) is 13.1 Å². The maximum absolute atomic E-state index is 11.1. The van der Waals surface area contributed by atoms with Gasteiger partial charge in [0.1, 0.15) is 0 Å². The largest absolute Gasteiger partial charge is 0.412 e.